The van der Waals surface area contributed by atoms with Gasteiger partial charge in [0.25, 0.3) is 5.56 Å². The number of fused-ring (bicyclic) bond motifs is 1. The second-order valence-corrected chi connectivity index (χ2v) is 11.2. The van der Waals surface area contributed by atoms with Crippen LogP contribution in [0.5, 0.6) is 5.75 Å². The molecule has 10 heteroatoms. The molecule has 0 aliphatic carbocycles. The van der Waals surface area contributed by atoms with Crippen LogP contribution in [0.3, 0.4) is 0 Å². The third-order valence-electron chi connectivity index (χ3n) is 6.13. The number of carbonyl (C=O) groups excluding carboxylic acids is 1. The molecule has 0 spiro atoms. The molecule has 38 heavy (non-hydrogen) atoms. The van der Waals surface area contributed by atoms with Crippen molar-refractivity contribution >= 4 is 56.6 Å². The third kappa shape index (κ3) is 5.46. The first kappa shape index (κ1) is 28.1. The molecule has 3 aromatic rings. The van der Waals surface area contributed by atoms with E-state index in [0.29, 0.717) is 43.4 Å². The van der Waals surface area contributed by atoms with Gasteiger partial charge in [-0.2, -0.15) is 0 Å². The van der Waals surface area contributed by atoms with Crippen molar-refractivity contribution in [3.05, 3.63) is 88.0 Å². The highest BCUT2D eigenvalue weighted by molar-refractivity contribution is 9.10. The molecular weight excluding hydrogens is 590 g/mol. The van der Waals surface area contributed by atoms with E-state index in [1.54, 1.807) is 36.8 Å². The number of anilines is 1. The van der Waals surface area contributed by atoms with Crippen molar-refractivity contribution in [1.29, 1.82) is 0 Å². The lowest BCUT2D eigenvalue weighted by Gasteiger charge is -2.27. The number of ether oxygens (including phenoxy) is 2. The van der Waals surface area contributed by atoms with Crippen LogP contribution < -0.4 is 24.5 Å². The van der Waals surface area contributed by atoms with Crippen LogP contribution in [0.2, 0.25) is 5.02 Å². The fourth-order valence-corrected chi connectivity index (χ4v) is 6.41. The predicted octanol–water partition coefficient (Wildman–Crippen LogP) is 5.07. The lowest BCUT2D eigenvalue weighted by molar-refractivity contribution is -0.139. The maximum atomic E-state index is 14.0. The molecule has 1 aromatic heterocycles. The van der Waals surface area contributed by atoms with Crippen LogP contribution in [-0.4, -0.2) is 38.3 Å². The van der Waals surface area contributed by atoms with E-state index in [0.717, 1.165) is 22.1 Å². The second kappa shape index (κ2) is 11.9. The number of thiazole rings is 1. The summed E-state index contributed by atoms with van der Waals surface area (Å²) in [6.45, 7) is 3.97. The Morgan fingerprint density at radius 1 is 1.24 bits per heavy atom. The zero-order valence-corrected chi connectivity index (χ0v) is 25.0. The van der Waals surface area contributed by atoms with E-state index >= 15 is 0 Å². The zero-order chi connectivity index (χ0) is 27.6. The summed E-state index contributed by atoms with van der Waals surface area (Å²) in [6, 6.07) is 10.3. The molecule has 1 aliphatic heterocycles. The molecule has 0 radical (unpaired) electrons. The highest BCUT2D eigenvalue weighted by Crippen LogP contribution is 2.38. The maximum Gasteiger partial charge on any atom is 0.338 e. The van der Waals surface area contributed by atoms with Crippen molar-refractivity contribution < 1.29 is 14.3 Å². The first-order valence-corrected chi connectivity index (χ1v) is 14.2. The minimum atomic E-state index is -0.800. The molecular formula is C28H29BrClN3O4S. The Hall–Kier alpha value is -2.88. The van der Waals surface area contributed by atoms with Crippen molar-refractivity contribution in [3.8, 4) is 5.75 Å². The number of aromatic nitrogens is 1. The lowest BCUT2D eigenvalue weighted by atomic mass is 9.93. The summed E-state index contributed by atoms with van der Waals surface area (Å²) >= 11 is 11.3. The van der Waals surface area contributed by atoms with Gasteiger partial charge in [0.15, 0.2) is 4.80 Å². The van der Waals surface area contributed by atoms with E-state index in [1.165, 1.54) is 11.3 Å². The summed E-state index contributed by atoms with van der Waals surface area (Å²) in [5, 5.41) is 0.464. The quantitative estimate of drug-likeness (QED) is 0.330. The minimum Gasteiger partial charge on any atom is -0.496 e. The van der Waals surface area contributed by atoms with Crippen LogP contribution in [0, 0.1) is 0 Å². The molecule has 0 saturated heterocycles. The summed E-state index contributed by atoms with van der Waals surface area (Å²) in [5.41, 5.74) is 3.15. The Bertz CT molecular complexity index is 1590. The van der Waals surface area contributed by atoms with E-state index < -0.39 is 12.0 Å². The number of allylic oxidation sites excluding steroid dienone is 1. The Balaban J connectivity index is 2.01. The second-order valence-electron chi connectivity index (χ2n) is 8.91. The normalized spacial score (nSPS) is 15.2. The van der Waals surface area contributed by atoms with Crippen LogP contribution in [-0.2, 0) is 9.53 Å². The average molecular weight is 619 g/mol. The van der Waals surface area contributed by atoms with Crippen LogP contribution in [0.15, 0.2) is 61.9 Å². The molecule has 0 N–H and O–H groups in total. The molecule has 0 amide bonds. The highest BCUT2D eigenvalue weighted by Gasteiger charge is 2.36. The van der Waals surface area contributed by atoms with Gasteiger partial charge in [0, 0.05) is 29.2 Å². The summed E-state index contributed by atoms with van der Waals surface area (Å²) in [7, 11) is 5.49. The number of esters is 1. The standard InChI is InChI=1S/C28H29BrClN3O4S/c1-6-8-20-24(27(35)37-7-2)25(18-15-17(30)10-12-22(18)36-5)33-26(34)23(38-28(33)31-20)14-16-9-11-21(32(3)4)19(29)13-16/h9-15,25H,6-8H2,1-5H3/b23-14+/t25-/m1/s1. The van der Waals surface area contributed by atoms with Crippen LogP contribution in [0.1, 0.15) is 43.9 Å². The van der Waals surface area contributed by atoms with Gasteiger partial charge in [0.05, 0.1) is 35.2 Å². The van der Waals surface area contributed by atoms with Gasteiger partial charge in [-0.25, -0.2) is 9.79 Å². The fourth-order valence-electron chi connectivity index (χ4n) is 4.46. The fraction of sp³-hybridized carbons (Fsp3) is 0.321. The number of rotatable bonds is 8. The van der Waals surface area contributed by atoms with Gasteiger partial charge < -0.3 is 14.4 Å². The Morgan fingerprint density at radius 2 is 2.00 bits per heavy atom. The Morgan fingerprint density at radius 3 is 2.63 bits per heavy atom. The van der Waals surface area contributed by atoms with E-state index in [1.807, 2.05) is 50.2 Å². The van der Waals surface area contributed by atoms with Crippen LogP contribution in [0.25, 0.3) is 6.08 Å². The van der Waals surface area contributed by atoms with E-state index in [4.69, 9.17) is 26.1 Å². The highest BCUT2D eigenvalue weighted by atomic mass is 79.9. The Labute approximate surface area is 238 Å². The Kier molecular flexibility index (Phi) is 8.80. The molecule has 2 aromatic carbocycles. The maximum absolute atomic E-state index is 14.0. The van der Waals surface area contributed by atoms with Gasteiger partial charge in [-0.15, -0.1) is 0 Å². The molecule has 7 nitrogen and oxygen atoms in total. The topological polar surface area (TPSA) is 73.1 Å². The number of benzene rings is 2. The van der Waals surface area contributed by atoms with Crippen molar-refractivity contribution in [2.75, 3.05) is 32.7 Å². The monoisotopic (exact) mass is 617 g/mol. The SMILES string of the molecule is CCCC1=C(C(=O)OCC)[C@@H](c2cc(Cl)ccc2OC)n2c(s/c(=C/c3ccc(N(C)C)c(Br)c3)c2=O)=N1. The number of methoxy groups -OCH3 is 1. The van der Waals surface area contributed by atoms with Crippen molar-refractivity contribution in [2.45, 2.75) is 32.7 Å². The van der Waals surface area contributed by atoms with Crippen LogP contribution >= 0.6 is 38.9 Å². The van der Waals surface area contributed by atoms with Gasteiger partial charge in [-0.05, 0) is 71.2 Å². The van der Waals surface area contributed by atoms with Crippen molar-refractivity contribution in [2.24, 2.45) is 4.99 Å². The largest absolute Gasteiger partial charge is 0.496 e. The molecule has 1 atom stereocenters. The molecule has 0 bridgehead atoms. The summed E-state index contributed by atoms with van der Waals surface area (Å²) in [4.78, 5) is 34.6. The molecule has 4 rings (SSSR count). The lowest BCUT2D eigenvalue weighted by Crippen LogP contribution is -2.40. The average Bonchev–Trinajstić information content (AvgIpc) is 3.17. The van der Waals surface area contributed by atoms with E-state index in [2.05, 4.69) is 15.9 Å². The van der Waals surface area contributed by atoms with E-state index in [9.17, 15) is 9.59 Å². The molecule has 1 aliphatic rings. The van der Waals surface area contributed by atoms with Gasteiger partial charge in [-0.3, -0.25) is 9.36 Å². The number of halogens is 2. The van der Waals surface area contributed by atoms with E-state index in [-0.39, 0.29) is 12.2 Å². The number of hydrogen-bond acceptors (Lipinski definition) is 7. The van der Waals surface area contributed by atoms with Crippen molar-refractivity contribution in [1.82, 2.24) is 4.57 Å². The van der Waals surface area contributed by atoms with Crippen LogP contribution in [0.4, 0.5) is 5.69 Å². The van der Waals surface area contributed by atoms with Gasteiger partial charge >= 0.3 is 5.97 Å². The molecule has 0 unspecified atom stereocenters. The summed E-state index contributed by atoms with van der Waals surface area (Å²) < 4.78 is 14.1. The molecule has 200 valence electrons. The number of carbonyl (C=O) groups is 1. The van der Waals surface area contributed by atoms with Gasteiger partial charge in [0.1, 0.15) is 11.8 Å². The molecule has 2 heterocycles. The van der Waals surface area contributed by atoms with Gasteiger partial charge in [-0.1, -0.05) is 42.3 Å². The zero-order valence-electron chi connectivity index (χ0n) is 21.9. The first-order valence-electron chi connectivity index (χ1n) is 12.2. The predicted molar refractivity (Wildman–Crippen MR) is 156 cm³/mol. The number of hydrogen-bond donors (Lipinski definition) is 0. The molecule has 0 saturated carbocycles. The molecule has 0 fully saturated rings. The number of nitrogens with zero attached hydrogens (tertiary/aromatic N) is 3. The van der Waals surface area contributed by atoms with Gasteiger partial charge in [0.2, 0.25) is 0 Å². The third-order valence-corrected chi connectivity index (χ3v) is 7.98. The first-order chi connectivity index (χ1) is 18.2. The smallest absolute Gasteiger partial charge is 0.338 e. The summed E-state index contributed by atoms with van der Waals surface area (Å²) in [5.74, 6) is 0.000874. The van der Waals surface area contributed by atoms with Crippen molar-refractivity contribution in [3.63, 3.8) is 0 Å². The summed E-state index contributed by atoms with van der Waals surface area (Å²) in [6.07, 6.45) is 3.16. The minimum absolute atomic E-state index is 0.198.